The molecule has 3 aromatic carbocycles. The number of carbonyl (C=O) groups excluding carboxylic acids is 1. The molecule has 3 rings (SSSR count). The fourth-order valence-electron chi connectivity index (χ4n) is 3.58. The smallest absolute Gasteiger partial charge is 0.311 e. The first kappa shape index (κ1) is 23.2. The number of esters is 1. The molecule has 0 heterocycles. The van der Waals surface area contributed by atoms with Gasteiger partial charge in [-0.2, -0.15) is 0 Å². The maximum atomic E-state index is 13.3. The van der Waals surface area contributed by atoms with Gasteiger partial charge in [-0.25, -0.2) is 8.78 Å². The van der Waals surface area contributed by atoms with E-state index in [2.05, 4.69) is 5.32 Å². The van der Waals surface area contributed by atoms with Gasteiger partial charge in [0.1, 0.15) is 17.4 Å². The van der Waals surface area contributed by atoms with Crippen LogP contribution in [-0.4, -0.2) is 23.3 Å². The highest BCUT2D eigenvalue weighted by Gasteiger charge is 2.31. The average Bonchev–Trinajstić information content (AvgIpc) is 2.80. The van der Waals surface area contributed by atoms with Crippen LogP contribution in [0.2, 0.25) is 0 Å². The average molecular weight is 441 g/mol. The Bertz CT molecular complexity index is 1010. The van der Waals surface area contributed by atoms with Crippen LogP contribution < -0.4 is 5.32 Å². The highest BCUT2D eigenvalue weighted by atomic mass is 19.1. The number of benzene rings is 3. The van der Waals surface area contributed by atoms with Gasteiger partial charge in [0.15, 0.2) is 0 Å². The van der Waals surface area contributed by atoms with Gasteiger partial charge in [-0.1, -0.05) is 24.3 Å². The summed E-state index contributed by atoms with van der Waals surface area (Å²) in [6, 6.07) is 17.1. The number of rotatable bonds is 9. The number of halogens is 2. The number of aliphatic hydroxyl groups excluding tert-OH is 1. The summed E-state index contributed by atoms with van der Waals surface area (Å²) in [7, 11) is 1.29. The molecule has 1 unspecified atom stereocenters. The summed E-state index contributed by atoms with van der Waals surface area (Å²) in [5, 5.41) is 23.5. The number of hydrogen-bond acceptors (Lipinski definition) is 5. The van der Waals surface area contributed by atoms with E-state index in [0.717, 1.165) is 0 Å². The number of aliphatic hydroxyl groups is 1. The Morgan fingerprint density at radius 2 is 1.41 bits per heavy atom. The minimum atomic E-state index is -0.894. The Labute approximate surface area is 185 Å². The number of carbonyl (C=O) groups is 1. The van der Waals surface area contributed by atoms with Crippen molar-refractivity contribution in [2.24, 2.45) is 5.92 Å². The van der Waals surface area contributed by atoms with Crippen LogP contribution in [0.4, 0.5) is 14.5 Å². The van der Waals surface area contributed by atoms with Gasteiger partial charge in [0.2, 0.25) is 0 Å². The number of phenols is 1. The molecule has 0 aliphatic heterocycles. The number of methoxy groups -OCH3 is 1. The molecule has 0 aliphatic carbocycles. The number of aromatic hydroxyl groups is 1. The van der Waals surface area contributed by atoms with Crippen LogP contribution in [0.3, 0.4) is 0 Å². The molecule has 3 atom stereocenters. The zero-order valence-corrected chi connectivity index (χ0v) is 17.5. The standard InChI is InChI=1S/C25H25F2NO4/c1-32-25(31)22(14-15-23(30)16-2-6-18(26)7-3-16)24(17-4-12-21(29)13-5-17)28-20-10-8-19(27)9-11-20/h2-13,22-24,28-30H,14-15H2,1H3/t22?,23-,24+/m0/s1. The highest BCUT2D eigenvalue weighted by molar-refractivity contribution is 5.74. The van der Waals surface area contributed by atoms with E-state index in [4.69, 9.17) is 4.74 Å². The number of anilines is 1. The number of phenolic OH excluding ortho intramolecular Hbond substituents is 1. The molecule has 0 fully saturated rings. The van der Waals surface area contributed by atoms with Gasteiger partial charge in [-0.15, -0.1) is 0 Å². The van der Waals surface area contributed by atoms with Crippen molar-refractivity contribution in [2.45, 2.75) is 25.0 Å². The molecule has 0 amide bonds. The molecule has 32 heavy (non-hydrogen) atoms. The summed E-state index contributed by atoms with van der Waals surface area (Å²) < 4.78 is 31.6. The molecule has 0 radical (unpaired) electrons. The predicted octanol–water partition coefficient (Wildman–Crippen LogP) is 5.13. The fourth-order valence-corrected chi connectivity index (χ4v) is 3.58. The van der Waals surface area contributed by atoms with Crippen molar-refractivity contribution in [3.63, 3.8) is 0 Å². The maximum absolute atomic E-state index is 13.3. The van der Waals surface area contributed by atoms with Crippen LogP contribution in [0.1, 0.15) is 36.1 Å². The Morgan fingerprint density at radius 1 is 0.875 bits per heavy atom. The van der Waals surface area contributed by atoms with Gasteiger partial charge in [-0.3, -0.25) is 4.79 Å². The molecule has 0 aliphatic rings. The number of nitrogens with one attached hydrogen (secondary N) is 1. The summed E-state index contributed by atoms with van der Waals surface area (Å²) in [6.45, 7) is 0. The molecular weight excluding hydrogens is 416 g/mol. The predicted molar refractivity (Wildman–Crippen MR) is 117 cm³/mol. The first-order valence-corrected chi connectivity index (χ1v) is 10.2. The van der Waals surface area contributed by atoms with Gasteiger partial charge in [-0.05, 0) is 72.5 Å². The highest BCUT2D eigenvalue weighted by Crippen LogP contribution is 2.34. The summed E-state index contributed by atoms with van der Waals surface area (Å²) in [6.07, 6.45) is -0.412. The van der Waals surface area contributed by atoms with Crippen LogP contribution in [0.15, 0.2) is 72.8 Å². The van der Waals surface area contributed by atoms with Crippen LogP contribution in [0.5, 0.6) is 5.75 Å². The van der Waals surface area contributed by atoms with Crippen molar-refractivity contribution in [1.29, 1.82) is 0 Å². The van der Waals surface area contributed by atoms with E-state index in [1.165, 1.54) is 55.6 Å². The third kappa shape index (κ3) is 6.04. The lowest BCUT2D eigenvalue weighted by molar-refractivity contribution is -0.146. The lowest BCUT2D eigenvalue weighted by Crippen LogP contribution is -2.29. The molecule has 0 saturated carbocycles. The van der Waals surface area contributed by atoms with E-state index >= 15 is 0 Å². The first-order valence-electron chi connectivity index (χ1n) is 10.2. The Hall–Kier alpha value is -3.45. The van der Waals surface area contributed by atoms with Gasteiger partial charge >= 0.3 is 5.97 Å². The topological polar surface area (TPSA) is 78.8 Å². The number of hydrogen-bond donors (Lipinski definition) is 3. The Morgan fingerprint density at radius 3 is 1.97 bits per heavy atom. The van der Waals surface area contributed by atoms with Crippen LogP contribution in [0.25, 0.3) is 0 Å². The Balaban J connectivity index is 1.87. The molecule has 168 valence electrons. The molecule has 3 N–H and O–H groups in total. The van der Waals surface area contributed by atoms with E-state index in [0.29, 0.717) is 16.8 Å². The minimum absolute atomic E-state index is 0.0793. The zero-order valence-electron chi connectivity index (χ0n) is 17.5. The second-order valence-corrected chi connectivity index (χ2v) is 7.49. The lowest BCUT2D eigenvalue weighted by Gasteiger charge is -2.28. The van der Waals surface area contributed by atoms with Crippen LogP contribution >= 0.6 is 0 Å². The van der Waals surface area contributed by atoms with Gasteiger partial charge in [0.05, 0.1) is 25.2 Å². The maximum Gasteiger partial charge on any atom is 0.311 e. The molecule has 0 spiro atoms. The second kappa shape index (κ2) is 10.7. The monoisotopic (exact) mass is 441 g/mol. The summed E-state index contributed by atoms with van der Waals surface area (Å²) in [5.74, 6) is -1.89. The van der Waals surface area contributed by atoms with E-state index in [9.17, 15) is 23.8 Å². The van der Waals surface area contributed by atoms with E-state index < -0.39 is 29.9 Å². The van der Waals surface area contributed by atoms with Crippen molar-refractivity contribution < 1.29 is 28.5 Å². The van der Waals surface area contributed by atoms with Crippen LogP contribution in [0, 0.1) is 17.6 Å². The SMILES string of the molecule is COC(=O)C(CC[C@H](O)c1ccc(F)cc1)[C@H](Nc1ccc(F)cc1)c1ccc(O)cc1. The van der Waals surface area contributed by atoms with Gasteiger partial charge in [0, 0.05) is 5.69 Å². The molecular formula is C25H25F2NO4. The minimum Gasteiger partial charge on any atom is -0.508 e. The van der Waals surface area contributed by atoms with E-state index in [1.54, 1.807) is 24.3 Å². The summed E-state index contributed by atoms with van der Waals surface area (Å²) in [5.41, 5.74) is 1.85. The largest absolute Gasteiger partial charge is 0.508 e. The van der Waals surface area contributed by atoms with Crippen LogP contribution in [-0.2, 0) is 9.53 Å². The number of ether oxygens (including phenoxy) is 1. The summed E-state index contributed by atoms with van der Waals surface area (Å²) in [4.78, 5) is 12.7. The third-order valence-corrected chi connectivity index (χ3v) is 5.33. The normalized spacial score (nSPS) is 13.8. The second-order valence-electron chi connectivity index (χ2n) is 7.49. The van der Waals surface area contributed by atoms with Gasteiger partial charge < -0.3 is 20.3 Å². The molecule has 0 saturated heterocycles. The third-order valence-electron chi connectivity index (χ3n) is 5.33. The summed E-state index contributed by atoms with van der Waals surface area (Å²) >= 11 is 0. The molecule has 3 aromatic rings. The van der Waals surface area contributed by atoms with Crippen molar-refractivity contribution in [1.82, 2.24) is 0 Å². The Kier molecular flexibility index (Phi) is 7.78. The molecule has 0 aromatic heterocycles. The fraction of sp³-hybridized carbons (Fsp3) is 0.240. The van der Waals surface area contributed by atoms with Gasteiger partial charge in [0.25, 0.3) is 0 Å². The van der Waals surface area contributed by atoms with Crippen molar-refractivity contribution >= 4 is 11.7 Å². The van der Waals surface area contributed by atoms with Crippen molar-refractivity contribution in [3.05, 3.63) is 95.6 Å². The van der Waals surface area contributed by atoms with E-state index in [1.807, 2.05) is 0 Å². The van der Waals surface area contributed by atoms with E-state index in [-0.39, 0.29) is 24.4 Å². The zero-order chi connectivity index (χ0) is 23.1. The van der Waals surface area contributed by atoms with Crippen molar-refractivity contribution in [2.75, 3.05) is 12.4 Å². The first-order chi connectivity index (χ1) is 15.4. The molecule has 7 heteroatoms. The molecule has 0 bridgehead atoms. The quantitative estimate of drug-likeness (QED) is 0.402. The molecule has 5 nitrogen and oxygen atoms in total. The lowest BCUT2D eigenvalue weighted by atomic mass is 9.87. The van der Waals surface area contributed by atoms with Crippen molar-refractivity contribution in [3.8, 4) is 5.75 Å².